The third-order valence-corrected chi connectivity index (χ3v) is 5.36. The normalized spacial score (nSPS) is 13.8. The minimum absolute atomic E-state index is 0.110. The first kappa shape index (κ1) is 20.9. The molecule has 0 radical (unpaired) electrons. The van der Waals surface area contributed by atoms with E-state index in [1.807, 2.05) is 36.4 Å². The number of hydrogen-bond donors (Lipinski definition) is 0. The maximum absolute atomic E-state index is 13.0. The Morgan fingerprint density at radius 2 is 1.74 bits per heavy atom. The van der Waals surface area contributed by atoms with Crippen molar-refractivity contribution in [2.24, 2.45) is 0 Å². The SMILES string of the molecule is COc1ccccc1OCC(=O)N(Cc1ccco1)Cc1ccc(N2CCCCC2)o1. The number of carbonyl (C=O) groups is 1. The van der Waals surface area contributed by atoms with E-state index in [4.69, 9.17) is 18.3 Å². The summed E-state index contributed by atoms with van der Waals surface area (Å²) in [4.78, 5) is 17.0. The van der Waals surface area contributed by atoms with Gasteiger partial charge in [-0.2, -0.15) is 0 Å². The monoisotopic (exact) mass is 424 g/mol. The third-order valence-electron chi connectivity index (χ3n) is 5.36. The predicted octanol–water partition coefficient (Wildman–Crippen LogP) is 4.48. The zero-order valence-electron chi connectivity index (χ0n) is 17.8. The molecule has 1 aromatic carbocycles. The number of methoxy groups -OCH3 is 1. The lowest BCUT2D eigenvalue weighted by Gasteiger charge is -2.26. The number of hydrogen-bond acceptors (Lipinski definition) is 6. The molecule has 0 bridgehead atoms. The molecule has 7 heteroatoms. The van der Waals surface area contributed by atoms with Crippen molar-refractivity contribution in [3.63, 3.8) is 0 Å². The minimum atomic E-state index is -0.168. The van der Waals surface area contributed by atoms with Gasteiger partial charge in [-0.15, -0.1) is 0 Å². The Labute approximate surface area is 182 Å². The van der Waals surface area contributed by atoms with Gasteiger partial charge in [0.25, 0.3) is 5.91 Å². The number of piperidine rings is 1. The second-order valence-corrected chi connectivity index (χ2v) is 7.56. The van der Waals surface area contributed by atoms with E-state index in [0.29, 0.717) is 30.3 Å². The fourth-order valence-electron chi connectivity index (χ4n) is 3.72. The smallest absolute Gasteiger partial charge is 0.261 e. The zero-order chi connectivity index (χ0) is 21.5. The van der Waals surface area contributed by atoms with Gasteiger partial charge >= 0.3 is 0 Å². The molecule has 3 heterocycles. The summed E-state index contributed by atoms with van der Waals surface area (Å²) in [5, 5.41) is 0. The fourth-order valence-corrected chi connectivity index (χ4v) is 3.72. The van der Waals surface area contributed by atoms with Crippen LogP contribution in [0.5, 0.6) is 11.5 Å². The van der Waals surface area contributed by atoms with Crippen LogP contribution in [-0.4, -0.2) is 37.6 Å². The number of furan rings is 2. The molecule has 1 aliphatic rings. The van der Waals surface area contributed by atoms with Crippen molar-refractivity contribution in [2.45, 2.75) is 32.4 Å². The largest absolute Gasteiger partial charge is 0.493 e. The first-order chi connectivity index (χ1) is 15.2. The van der Waals surface area contributed by atoms with Gasteiger partial charge in [0, 0.05) is 19.2 Å². The highest BCUT2D eigenvalue weighted by Crippen LogP contribution is 2.26. The molecule has 1 saturated heterocycles. The second-order valence-electron chi connectivity index (χ2n) is 7.56. The van der Waals surface area contributed by atoms with Crippen LogP contribution in [0.3, 0.4) is 0 Å². The Balaban J connectivity index is 1.44. The summed E-state index contributed by atoms with van der Waals surface area (Å²) in [6.07, 6.45) is 5.23. The van der Waals surface area contributed by atoms with E-state index in [0.717, 1.165) is 24.7 Å². The molecule has 1 aliphatic heterocycles. The Morgan fingerprint density at radius 3 is 2.48 bits per heavy atom. The van der Waals surface area contributed by atoms with Crippen LogP contribution in [0.15, 0.2) is 63.6 Å². The van der Waals surface area contributed by atoms with Crippen LogP contribution in [0.1, 0.15) is 30.8 Å². The highest BCUT2D eigenvalue weighted by atomic mass is 16.5. The van der Waals surface area contributed by atoms with Crippen LogP contribution < -0.4 is 14.4 Å². The Hall–Kier alpha value is -3.35. The number of nitrogens with zero attached hydrogens (tertiary/aromatic N) is 2. The number of ether oxygens (including phenoxy) is 2. The summed E-state index contributed by atoms with van der Waals surface area (Å²) in [5.41, 5.74) is 0. The summed E-state index contributed by atoms with van der Waals surface area (Å²) < 4.78 is 22.6. The number of amides is 1. The fraction of sp³-hybridized carbons (Fsp3) is 0.375. The summed E-state index contributed by atoms with van der Waals surface area (Å²) in [7, 11) is 1.57. The molecule has 0 saturated carbocycles. The van der Waals surface area contributed by atoms with Gasteiger partial charge in [-0.25, -0.2) is 0 Å². The average Bonchev–Trinajstić information content (AvgIpc) is 3.50. The lowest BCUT2D eigenvalue weighted by molar-refractivity contribution is -0.135. The standard InChI is InChI=1S/C24H28N2O5/c1-28-21-9-3-4-10-22(21)30-18-23(27)26(16-19-8-7-15-29-19)17-20-11-12-24(31-20)25-13-5-2-6-14-25/h3-4,7-12,15H,2,5-6,13-14,16-18H2,1H3. The van der Waals surface area contributed by atoms with Gasteiger partial charge < -0.3 is 28.1 Å². The average molecular weight is 424 g/mol. The second kappa shape index (κ2) is 10.1. The van der Waals surface area contributed by atoms with Gasteiger partial charge in [-0.05, 0) is 49.6 Å². The van der Waals surface area contributed by atoms with Crippen LogP contribution >= 0.6 is 0 Å². The molecule has 0 spiro atoms. The molecule has 2 aromatic heterocycles. The summed E-state index contributed by atoms with van der Waals surface area (Å²) in [6.45, 7) is 2.58. The summed E-state index contributed by atoms with van der Waals surface area (Å²) in [5.74, 6) is 3.25. The van der Waals surface area contributed by atoms with Gasteiger partial charge in [0.1, 0.15) is 11.5 Å². The van der Waals surface area contributed by atoms with Crippen LogP contribution in [0.4, 0.5) is 5.88 Å². The van der Waals surface area contributed by atoms with Crippen LogP contribution in [-0.2, 0) is 17.9 Å². The van der Waals surface area contributed by atoms with Crippen LogP contribution in [0.25, 0.3) is 0 Å². The number of para-hydroxylation sites is 2. The molecule has 3 aromatic rings. The highest BCUT2D eigenvalue weighted by Gasteiger charge is 2.20. The maximum Gasteiger partial charge on any atom is 0.261 e. The van der Waals surface area contributed by atoms with Gasteiger partial charge in [0.05, 0.1) is 26.5 Å². The van der Waals surface area contributed by atoms with Gasteiger partial charge in [0.15, 0.2) is 24.0 Å². The first-order valence-electron chi connectivity index (χ1n) is 10.6. The van der Waals surface area contributed by atoms with Crippen LogP contribution in [0.2, 0.25) is 0 Å². The van der Waals surface area contributed by atoms with Crippen molar-refractivity contribution in [1.82, 2.24) is 4.90 Å². The van der Waals surface area contributed by atoms with E-state index in [-0.39, 0.29) is 12.5 Å². The molecule has 1 amide bonds. The Morgan fingerprint density at radius 1 is 0.968 bits per heavy atom. The van der Waals surface area contributed by atoms with E-state index < -0.39 is 0 Å². The van der Waals surface area contributed by atoms with Gasteiger partial charge in [0.2, 0.25) is 0 Å². The number of benzene rings is 1. The van der Waals surface area contributed by atoms with E-state index in [2.05, 4.69) is 4.90 Å². The molecular formula is C24H28N2O5. The van der Waals surface area contributed by atoms with Crippen molar-refractivity contribution >= 4 is 11.8 Å². The van der Waals surface area contributed by atoms with E-state index in [1.165, 1.54) is 19.3 Å². The number of carbonyl (C=O) groups excluding carboxylic acids is 1. The molecule has 1 fully saturated rings. The van der Waals surface area contributed by atoms with E-state index >= 15 is 0 Å². The Kier molecular flexibility index (Phi) is 6.82. The van der Waals surface area contributed by atoms with Crippen molar-refractivity contribution in [1.29, 1.82) is 0 Å². The molecule has 0 aliphatic carbocycles. The molecule has 31 heavy (non-hydrogen) atoms. The van der Waals surface area contributed by atoms with Crippen molar-refractivity contribution < 1.29 is 23.1 Å². The molecule has 7 nitrogen and oxygen atoms in total. The summed E-state index contributed by atoms with van der Waals surface area (Å²) in [6, 6.07) is 14.9. The van der Waals surface area contributed by atoms with Gasteiger partial charge in [-0.3, -0.25) is 4.79 Å². The molecule has 4 rings (SSSR count). The zero-order valence-corrected chi connectivity index (χ0v) is 17.8. The van der Waals surface area contributed by atoms with Crippen LogP contribution in [0, 0.1) is 0 Å². The van der Waals surface area contributed by atoms with Crippen molar-refractivity contribution in [3.05, 3.63) is 66.3 Å². The van der Waals surface area contributed by atoms with Gasteiger partial charge in [-0.1, -0.05) is 12.1 Å². The minimum Gasteiger partial charge on any atom is -0.493 e. The number of anilines is 1. The molecule has 0 atom stereocenters. The molecule has 0 N–H and O–H groups in total. The van der Waals surface area contributed by atoms with E-state index in [9.17, 15) is 4.79 Å². The molecule has 0 unspecified atom stereocenters. The maximum atomic E-state index is 13.0. The topological polar surface area (TPSA) is 68.3 Å². The third kappa shape index (κ3) is 5.42. The predicted molar refractivity (Wildman–Crippen MR) is 116 cm³/mol. The highest BCUT2D eigenvalue weighted by molar-refractivity contribution is 5.77. The molecular weight excluding hydrogens is 396 g/mol. The lowest BCUT2D eigenvalue weighted by atomic mass is 10.1. The van der Waals surface area contributed by atoms with E-state index in [1.54, 1.807) is 30.4 Å². The quantitative estimate of drug-likeness (QED) is 0.505. The number of rotatable bonds is 9. The molecule has 164 valence electrons. The van der Waals surface area contributed by atoms with Crippen molar-refractivity contribution in [3.8, 4) is 11.5 Å². The Bertz CT molecular complexity index is 960. The first-order valence-corrected chi connectivity index (χ1v) is 10.6. The van der Waals surface area contributed by atoms with Crippen molar-refractivity contribution in [2.75, 3.05) is 31.7 Å². The lowest BCUT2D eigenvalue weighted by Crippen LogP contribution is -2.34. The summed E-state index contributed by atoms with van der Waals surface area (Å²) >= 11 is 0.